The van der Waals surface area contributed by atoms with E-state index in [1.807, 2.05) is 14.1 Å². The van der Waals surface area contributed by atoms with Gasteiger partial charge in [0.05, 0.1) is 0 Å². The molecule has 0 fully saturated rings. The molecule has 11 heavy (non-hydrogen) atoms. The van der Waals surface area contributed by atoms with Crippen LogP contribution in [0.5, 0.6) is 0 Å². The van der Waals surface area contributed by atoms with E-state index in [-0.39, 0.29) is 0 Å². The molecule has 56 valence electrons. The molecule has 0 unspecified atom stereocenters. The first-order valence-corrected chi connectivity index (χ1v) is 3.83. The first-order valence-electron chi connectivity index (χ1n) is 3.83. The summed E-state index contributed by atoms with van der Waals surface area (Å²) in [6.07, 6.45) is 0. The fourth-order valence-corrected chi connectivity index (χ4v) is 0.663. The number of aryl methyl sites for hydroxylation is 1. The Balaban J connectivity index is 0.000000292. The number of rotatable bonds is 0. The zero-order chi connectivity index (χ0) is 8.69. The molecule has 0 heterocycles. The van der Waals surface area contributed by atoms with Gasteiger partial charge < -0.3 is 5.32 Å². The summed E-state index contributed by atoms with van der Waals surface area (Å²) in [4.78, 5) is 0. The predicted octanol–water partition coefficient (Wildman–Crippen LogP) is 0.624. The third kappa shape index (κ3) is 5.09. The van der Waals surface area contributed by atoms with Crippen LogP contribution in [-0.2, 0) is 0 Å². The van der Waals surface area contributed by atoms with Crippen molar-refractivity contribution in [1.82, 2.24) is 5.32 Å². The molecule has 0 aromatic heterocycles. The standard InChI is InChI=1S/C7H7.C2H7N.Li/c1-7-5-3-2-4-6-7;1-3-2;/h2-5H,1H3;3H,1-2H3;. The van der Waals surface area contributed by atoms with Crippen molar-refractivity contribution in [2.45, 2.75) is 6.92 Å². The Morgan fingerprint density at radius 3 is 1.91 bits per heavy atom. The van der Waals surface area contributed by atoms with E-state index in [2.05, 4.69) is 54.2 Å². The SMILES string of the molecule is CNC.[Li][c]1ccccc1C. The molecule has 1 nitrogen and oxygen atoms in total. The Morgan fingerprint density at radius 2 is 1.64 bits per heavy atom. The van der Waals surface area contributed by atoms with Crippen LogP contribution in [0.4, 0.5) is 0 Å². The van der Waals surface area contributed by atoms with Gasteiger partial charge in [0, 0.05) is 0 Å². The molecule has 0 saturated carbocycles. The Bertz CT molecular complexity index is 178. The third-order valence-electron chi connectivity index (χ3n) is 1.43. The second-order valence-corrected chi connectivity index (χ2v) is 2.58. The number of benzene rings is 1. The van der Waals surface area contributed by atoms with Crippen molar-refractivity contribution in [3.8, 4) is 0 Å². The molecular weight excluding hydrogens is 129 g/mol. The van der Waals surface area contributed by atoms with E-state index >= 15 is 0 Å². The van der Waals surface area contributed by atoms with Gasteiger partial charge in [-0.15, -0.1) is 0 Å². The van der Waals surface area contributed by atoms with Crippen molar-refractivity contribution < 1.29 is 0 Å². The zero-order valence-corrected chi connectivity index (χ0v) is 7.81. The van der Waals surface area contributed by atoms with Gasteiger partial charge in [0.1, 0.15) is 0 Å². The second-order valence-electron chi connectivity index (χ2n) is 2.58. The van der Waals surface area contributed by atoms with Crippen LogP contribution in [0, 0.1) is 6.92 Å². The van der Waals surface area contributed by atoms with Crippen molar-refractivity contribution in [1.29, 1.82) is 0 Å². The minimum absolute atomic E-state index is 1.37. The fourth-order valence-electron chi connectivity index (χ4n) is 0.663. The van der Waals surface area contributed by atoms with E-state index in [4.69, 9.17) is 0 Å². The van der Waals surface area contributed by atoms with E-state index < -0.39 is 0 Å². The van der Waals surface area contributed by atoms with Gasteiger partial charge in [-0.3, -0.25) is 0 Å². The van der Waals surface area contributed by atoms with Crippen molar-refractivity contribution in [2.75, 3.05) is 14.1 Å². The van der Waals surface area contributed by atoms with Gasteiger partial charge in [0.15, 0.2) is 0 Å². The maximum absolute atomic E-state index is 2.75. The molecule has 1 rings (SSSR count). The van der Waals surface area contributed by atoms with Crippen LogP contribution in [0.15, 0.2) is 24.3 Å². The molecule has 1 aromatic rings. The summed E-state index contributed by atoms with van der Waals surface area (Å²) < 4.78 is 1.37. The first kappa shape index (κ1) is 10.8. The fraction of sp³-hybridized carbons (Fsp3) is 0.333. The average molecular weight is 143 g/mol. The summed E-state index contributed by atoms with van der Waals surface area (Å²) in [5, 5.41) is 2.75. The molecule has 0 atom stereocenters. The van der Waals surface area contributed by atoms with Crippen LogP contribution < -0.4 is 9.55 Å². The van der Waals surface area contributed by atoms with E-state index in [0.29, 0.717) is 0 Å². The Morgan fingerprint density at radius 1 is 1.18 bits per heavy atom. The van der Waals surface area contributed by atoms with Crippen molar-refractivity contribution in [2.24, 2.45) is 0 Å². The number of hydrogen-bond acceptors (Lipinski definition) is 1. The summed E-state index contributed by atoms with van der Waals surface area (Å²) >= 11 is 2.12. The van der Waals surface area contributed by atoms with Crippen molar-refractivity contribution in [3.05, 3.63) is 29.8 Å². The first-order chi connectivity index (χ1) is 5.22. The van der Waals surface area contributed by atoms with Crippen LogP contribution in [0.25, 0.3) is 0 Å². The van der Waals surface area contributed by atoms with E-state index in [0.717, 1.165) is 0 Å². The van der Waals surface area contributed by atoms with E-state index in [1.165, 1.54) is 9.80 Å². The molecular formula is C9H14LiN. The molecule has 0 aliphatic carbocycles. The third-order valence-corrected chi connectivity index (χ3v) is 1.43. The van der Waals surface area contributed by atoms with Gasteiger partial charge in [0.25, 0.3) is 0 Å². The van der Waals surface area contributed by atoms with E-state index in [1.54, 1.807) is 0 Å². The van der Waals surface area contributed by atoms with Crippen LogP contribution in [0.2, 0.25) is 0 Å². The molecule has 1 aromatic carbocycles. The van der Waals surface area contributed by atoms with Gasteiger partial charge in [-0.1, -0.05) is 0 Å². The summed E-state index contributed by atoms with van der Waals surface area (Å²) in [5.41, 5.74) is 1.37. The summed E-state index contributed by atoms with van der Waals surface area (Å²) in [5.74, 6) is 0. The number of hydrogen-bond donors (Lipinski definition) is 1. The van der Waals surface area contributed by atoms with Gasteiger partial charge in [-0.05, 0) is 14.1 Å². The predicted molar refractivity (Wildman–Crippen MR) is 51.6 cm³/mol. The summed E-state index contributed by atoms with van der Waals surface area (Å²) in [6.45, 7) is 2.12. The maximum atomic E-state index is 2.75. The zero-order valence-electron chi connectivity index (χ0n) is 7.81. The van der Waals surface area contributed by atoms with Crippen LogP contribution in [0.3, 0.4) is 0 Å². The van der Waals surface area contributed by atoms with Crippen LogP contribution in [-0.4, -0.2) is 31.8 Å². The normalized spacial score (nSPS) is 8.45. The Kier molecular flexibility index (Phi) is 6.35. The molecule has 0 amide bonds. The quantitative estimate of drug-likeness (QED) is 0.525. The van der Waals surface area contributed by atoms with Gasteiger partial charge in [-0.25, -0.2) is 0 Å². The van der Waals surface area contributed by atoms with E-state index in [9.17, 15) is 0 Å². The molecule has 2 heteroatoms. The average Bonchev–Trinajstić information content (AvgIpc) is 1.97. The molecule has 0 spiro atoms. The van der Waals surface area contributed by atoms with Gasteiger partial charge in [-0.2, -0.15) is 0 Å². The second kappa shape index (κ2) is 6.49. The molecule has 0 aliphatic rings. The topological polar surface area (TPSA) is 12.0 Å². The van der Waals surface area contributed by atoms with Gasteiger partial charge >= 0.3 is 58.7 Å². The van der Waals surface area contributed by atoms with Crippen LogP contribution >= 0.6 is 0 Å². The molecule has 0 bridgehead atoms. The molecule has 0 radical (unpaired) electrons. The molecule has 0 saturated heterocycles. The van der Waals surface area contributed by atoms with Crippen molar-refractivity contribution in [3.63, 3.8) is 0 Å². The van der Waals surface area contributed by atoms with Crippen LogP contribution in [0.1, 0.15) is 5.56 Å². The number of nitrogens with one attached hydrogen (secondary N) is 1. The summed E-state index contributed by atoms with van der Waals surface area (Å²) in [6, 6.07) is 8.36. The minimum atomic E-state index is 1.37. The monoisotopic (exact) mass is 143 g/mol. The molecule has 0 aliphatic heterocycles. The Labute approximate surface area is 78.4 Å². The Hall–Kier alpha value is -0.223. The molecule has 1 N–H and O–H groups in total. The summed E-state index contributed by atoms with van der Waals surface area (Å²) in [7, 11) is 3.75. The van der Waals surface area contributed by atoms with Crippen molar-refractivity contribution >= 4 is 22.0 Å². The van der Waals surface area contributed by atoms with Gasteiger partial charge in [0.2, 0.25) is 0 Å².